The summed E-state index contributed by atoms with van der Waals surface area (Å²) in [7, 11) is 1.66. The minimum Gasteiger partial charge on any atom is -0.305 e. The molecule has 2 heterocycles. The molecule has 0 aliphatic carbocycles. The van der Waals surface area contributed by atoms with E-state index in [1.165, 1.54) is 23.7 Å². The van der Waals surface area contributed by atoms with E-state index in [2.05, 4.69) is 15.4 Å². The molecule has 0 aliphatic rings. The molecule has 0 spiro atoms. The van der Waals surface area contributed by atoms with Crippen molar-refractivity contribution in [2.75, 3.05) is 5.32 Å². The molecule has 0 unspecified atom stereocenters. The second-order valence-corrected chi connectivity index (χ2v) is 4.31. The molecule has 0 fully saturated rings. The second-order valence-electron chi connectivity index (χ2n) is 4.31. The molecule has 8 nitrogen and oxygen atoms in total. The predicted molar refractivity (Wildman–Crippen MR) is 71.5 cm³/mol. The quantitative estimate of drug-likeness (QED) is 0.676. The van der Waals surface area contributed by atoms with E-state index in [1.807, 2.05) is 0 Å². The highest BCUT2D eigenvalue weighted by atomic mass is 16.6. The Bertz CT molecular complexity index is 692. The molecule has 0 bridgehead atoms. The average Bonchev–Trinajstić information content (AvgIpc) is 2.68. The van der Waals surface area contributed by atoms with Crippen molar-refractivity contribution in [3.63, 3.8) is 0 Å². The maximum absolute atomic E-state index is 12.0. The van der Waals surface area contributed by atoms with E-state index in [0.717, 1.165) is 5.69 Å². The first-order chi connectivity index (χ1) is 9.38. The van der Waals surface area contributed by atoms with Gasteiger partial charge in [0.1, 0.15) is 17.2 Å². The summed E-state index contributed by atoms with van der Waals surface area (Å²) >= 11 is 0. The largest absolute Gasteiger partial charge is 0.305 e. The molecule has 0 radical (unpaired) electrons. The Balaban J connectivity index is 2.22. The van der Waals surface area contributed by atoms with Gasteiger partial charge in [-0.05, 0) is 26.0 Å². The third-order valence-corrected chi connectivity index (χ3v) is 2.73. The highest BCUT2D eigenvalue weighted by Gasteiger charge is 2.15. The van der Waals surface area contributed by atoms with Crippen molar-refractivity contribution >= 4 is 17.4 Å². The van der Waals surface area contributed by atoms with Gasteiger partial charge in [0.15, 0.2) is 0 Å². The van der Waals surface area contributed by atoms with Crippen LogP contribution in [0.5, 0.6) is 0 Å². The van der Waals surface area contributed by atoms with Crippen LogP contribution in [0.3, 0.4) is 0 Å². The number of amides is 1. The summed E-state index contributed by atoms with van der Waals surface area (Å²) in [4.78, 5) is 26.2. The second kappa shape index (κ2) is 5.08. The van der Waals surface area contributed by atoms with Gasteiger partial charge in [-0.3, -0.25) is 19.6 Å². The summed E-state index contributed by atoms with van der Waals surface area (Å²) in [6.07, 6.45) is 0. The van der Waals surface area contributed by atoms with E-state index in [9.17, 15) is 14.9 Å². The summed E-state index contributed by atoms with van der Waals surface area (Å²) in [6.45, 7) is 3.30. The van der Waals surface area contributed by atoms with Crippen LogP contribution in [0.25, 0.3) is 0 Å². The summed E-state index contributed by atoms with van der Waals surface area (Å²) in [6, 6.07) is 4.35. The number of nitrogens with one attached hydrogen (secondary N) is 1. The number of carbonyl (C=O) groups excluding carboxylic acids is 1. The van der Waals surface area contributed by atoms with Gasteiger partial charge < -0.3 is 5.32 Å². The standard InChI is InChI=1S/C12H13N5O3/c1-7-6-10(16(3)15-7)12(18)14-11-5-4-9(17(19)20)8(2)13-11/h4-6H,1-3H3,(H,13,14,18). The average molecular weight is 275 g/mol. The van der Waals surface area contributed by atoms with Crippen LogP contribution in [0.2, 0.25) is 0 Å². The molecule has 2 rings (SSSR count). The van der Waals surface area contributed by atoms with Gasteiger partial charge in [-0.25, -0.2) is 4.98 Å². The molecule has 1 N–H and O–H groups in total. The zero-order chi connectivity index (χ0) is 14.9. The van der Waals surface area contributed by atoms with Crippen molar-refractivity contribution in [3.8, 4) is 0 Å². The van der Waals surface area contributed by atoms with Gasteiger partial charge in [0.25, 0.3) is 11.6 Å². The summed E-state index contributed by atoms with van der Waals surface area (Å²) < 4.78 is 1.46. The summed E-state index contributed by atoms with van der Waals surface area (Å²) in [5.41, 5.74) is 1.28. The van der Waals surface area contributed by atoms with E-state index in [4.69, 9.17) is 0 Å². The Labute approximate surface area is 114 Å². The lowest BCUT2D eigenvalue weighted by Gasteiger charge is -2.05. The van der Waals surface area contributed by atoms with Crippen molar-refractivity contribution < 1.29 is 9.72 Å². The van der Waals surface area contributed by atoms with E-state index in [-0.39, 0.29) is 23.1 Å². The minimum absolute atomic E-state index is 0.0839. The first-order valence-electron chi connectivity index (χ1n) is 5.82. The van der Waals surface area contributed by atoms with Crippen LogP contribution in [-0.4, -0.2) is 25.6 Å². The molecule has 0 atom stereocenters. The van der Waals surface area contributed by atoms with E-state index in [1.54, 1.807) is 20.0 Å². The van der Waals surface area contributed by atoms with Crippen molar-refractivity contribution in [1.82, 2.24) is 14.8 Å². The fourth-order valence-corrected chi connectivity index (χ4v) is 1.82. The van der Waals surface area contributed by atoms with Crippen LogP contribution < -0.4 is 5.32 Å². The Morgan fingerprint density at radius 3 is 2.60 bits per heavy atom. The van der Waals surface area contributed by atoms with Crippen LogP contribution in [0.1, 0.15) is 21.9 Å². The maximum Gasteiger partial charge on any atom is 0.290 e. The molecule has 0 aromatic carbocycles. The van der Waals surface area contributed by atoms with Gasteiger partial charge in [-0.15, -0.1) is 0 Å². The maximum atomic E-state index is 12.0. The molecule has 8 heteroatoms. The Hall–Kier alpha value is -2.77. The fourth-order valence-electron chi connectivity index (χ4n) is 1.82. The van der Waals surface area contributed by atoms with Gasteiger partial charge >= 0.3 is 0 Å². The Morgan fingerprint density at radius 1 is 1.40 bits per heavy atom. The highest BCUT2D eigenvalue weighted by Crippen LogP contribution is 2.18. The van der Waals surface area contributed by atoms with Gasteiger partial charge in [-0.1, -0.05) is 0 Å². The van der Waals surface area contributed by atoms with Crippen LogP contribution in [0, 0.1) is 24.0 Å². The third kappa shape index (κ3) is 2.63. The number of pyridine rings is 1. The van der Waals surface area contributed by atoms with Gasteiger partial charge in [0.2, 0.25) is 0 Å². The Morgan fingerprint density at radius 2 is 2.10 bits per heavy atom. The smallest absolute Gasteiger partial charge is 0.290 e. The van der Waals surface area contributed by atoms with Crippen molar-refractivity contribution in [2.45, 2.75) is 13.8 Å². The SMILES string of the molecule is Cc1cc(C(=O)Nc2ccc([N+](=O)[O-])c(C)n2)n(C)n1. The Kier molecular flexibility index (Phi) is 3.47. The van der Waals surface area contributed by atoms with Crippen molar-refractivity contribution in [1.29, 1.82) is 0 Å². The van der Waals surface area contributed by atoms with E-state index >= 15 is 0 Å². The molecular formula is C12H13N5O3. The van der Waals surface area contributed by atoms with Crippen LogP contribution in [0.15, 0.2) is 18.2 Å². The number of hydrogen-bond donors (Lipinski definition) is 1. The number of aromatic nitrogens is 3. The molecular weight excluding hydrogens is 262 g/mol. The molecule has 1 amide bonds. The molecule has 2 aromatic heterocycles. The molecule has 2 aromatic rings. The monoisotopic (exact) mass is 275 g/mol. The van der Waals surface area contributed by atoms with Gasteiger partial charge in [-0.2, -0.15) is 5.10 Å². The van der Waals surface area contributed by atoms with Crippen LogP contribution in [-0.2, 0) is 7.05 Å². The number of nitrogens with zero attached hydrogens (tertiary/aromatic N) is 4. The lowest BCUT2D eigenvalue weighted by molar-refractivity contribution is -0.385. The molecule has 20 heavy (non-hydrogen) atoms. The molecule has 0 saturated heterocycles. The topological polar surface area (TPSA) is 103 Å². The summed E-state index contributed by atoms with van der Waals surface area (Å²) in [5, 5.41) is 17.4. The number of nitro groups is 1. The predicted octanol–water partition coefficient (Wildman–Crippen LogP) is 1.59. The number of anilines is 1. The first kappa shape index (κ1) is 13.7. The van der Waals surface area contributed by atoms with Crippen molar-refractivity contribution in [3.05, 3.63) is 45.4 Å². The fraction of sp³-hybridized carbons (Fsp3) is 0.250. The molecule has 104 valence electrons. The number of rotatable bonds is 3. The molecule has 0 aliphatic heterocycles. The van der Waals surface area contributed by atoms with Crippen LogP contribution >= 0.6 is 0 Å². The minimum atomic E-state index is -0.515. The van der Waals surface area contributed by atoms with Crippen molar-refractivity contribution in [2.24, 2.45) is 7.05 Å². The normalized spacial score (nSPS) is 10.3. The summed E-state index contributed by atoms with van der Waals surface area (Å²) in [5.74, 6) is -0.106. The molecule has 0 saturated carbocycles. The zero-order valence-corrected chi connectivity index (χ0v) is 11.2. The number of hydrogen-bond acceptors (Lipinski definition) is 5. The van der Waals surface area contributed by atoms with Crippen LogP contribution in [0.4, 0.5) is 11.5 Å². The lowest BCUT2D eigenvalue weighted by Crippen LogP contribution is -2.17. The highest BCUT2D eigenvalue weighted by molar-refractivity contribution is 6.02. The number of aryl methyl sites for hydroxylation is 3. The van der Waals surface area contributed by atoms with Gasteiger partial charge in [0, 0.05) is 13.1 Å². The lowest BCUT2D eigenvalue weighted by atomic mass is 10.3. The van der Waals surface area contributed by atoms with E-state index < -0.39 is 4.92 Å². The first-order valence-corrected chi connectivity index (χ1v) is 5.82. The number of carbonyl (C=O) groups is 1. The zero-order valence-electron chi connectivity index (χ0n) is 11.2. The van der Waals surface area contributed by atoms with E-state index in [0.29, 0.717) is 5.69 Å². The third-order valence-electron chi connectivity index (χ3n) is 2.73. The van der Waals surface area contributed by atoms with Gasteiger partial charge in [0.05, 0.1) is 10.6 Å².